The number of hydrogen-bond donors (Lipinski definition) is 2. The van der Waals surface area contributed by atoms with Crippen LogP contribution in [0.4, 0.5) is 18.9 Å². The summed E-state index contributed by atoms with van der Waals surface area (Å²) in [6.45, 7) is 0. The number of amides is 1. The fourth-order valence-electron chi connectivity index (χ4n) is 2.95. The normalized spacial score (nSPS) is 14.9. The Morgan fingerprint density at radius 3 is 2.41 bits per heavy atom. The van der Waals surface area contributed by atoms with Crippen molar-refractivity contribution in [2.75, 3.05) is 4.72 Å². The van der Waals surface area contributed by atoms with Crippen molar-refractivity contribution in [3.63, 3.8) is 0 Å². The van der Waals surface area contributed by atoms with E-state index in [0.29, 0.717) is 6.07 Å². The summed E-state index contributed by atoms with van der Waals surface area (Å²) in [7, 11) is -4.31. The van der Waals surface area contributed by atoms with E-state index in [9.17, 15) is 26.4 Å². The summed E-state index contributed by atoms with van der Waals surface area (Å²) >= 11 is 0. The predicted octanol–water partition coefficient (Wildman–Crippen LogP) is 3.58. The van der Waals surface area contributed by atoms with Gasteiger partial charge in [0.15, 0.2) is 17.5 Å². The van der Waals surface area contributed by atoms with Crippen molar-refractivity contribution in [2.45, 2.75) is 36.6 Å². The Bertz CT molecular complexity index is 974. The highest BCUT2D eigenvalue weighted by Crippen LogP contribution is 2.23. The van der Waals surface area contributed by atoms with Gasteiger partial charge < -0.3 is 5.32 Å². The van der Waals surface area contributed by atoms with Gasteiger partial charge in [-0.2, -0.15) is 0 Å². The Balaban J connectivity index is 1.82. The molecule has 1 aliphatic rings. The summed E-state index contributed by atoms with van der Waals surface area (Å²) in [5.74, 6) is -5.26. The lowest BCUT2D eigenvalue weighted by Gasteiger charge is -2.13. The highest BCUT2D eigenvalue weighted by atomic mass is 32.2. The maximum atomic E-state index is 13.7. The van der Waals surface area contributed by atoms with Crippen molar-refractivity contribution in [1.82, 2.24) is 5.32 Å². The first kappa shape index (κ1) is 19.2. The number of sulfonamides is 1. The highest BCUT2D eigenvalue weighted by molar-refractivity contribution is 7.92. The SMILES string of the molecule is O=C(NC1CCCC1)c1cccc(S(=O)(=O)Nc2ccc(F)c(F)c2F)c1. The van der Waals surface area contributed by atoms with Gasteiger partial charge >= 0.3 is 0 Å². The zero-order valence-electron chi connectivity index (χ0n) is 14.1. The average molecular weight is 398 g/mol. The van der Waals surface area contributed by atoms with Gasteiger partial charge in [0.2, 0.25) is 0 Å². The minimum Gasteiger partial charge on any atom is -0.349 e. The smallest absolute Gasteiger partial charge is 0.262 e. The first-order valence-corrected chi connectivity index (χ1v) is 9.83. The third kappa shape index (κ3) is 4.24. The molecular formula is C18H17F3N2O3S. The molecular weight excluding hydrogens is 381 g/mol. The van der Waals surface area contributed by atoms with Crippen molar-refractivity contribution < 1.29 is 26.4 Å². The molecule has 144 valence electrons. The van der Waals surface area contributed by atoms with Crippen LogP contribution in [0.3, 0.4) is 0 Å². The molecule has 9 heteroatoms. The van der Waals surface area contributed by atoms with Crippen LogP contribution in [-0.2, 0) is 10.0 Å². The molecule has 5 nitrogen and oxygen atoms in total. The van der Waals surface area contributed by atoms with Crippen LogP contribution in [0, 0.1) is 17.5 Å². The van der Waals surface area contributed by atoms with E-state index in [1.54, 1.807) is 0 Å². The quantitative estimate of drug-likeness (QED) is 0.756. The molecule has 27 heavy (non-hydrogen) atoms. The Morgan fingerprint density at radius 1 is 1.00 bits per heavy atom. The van der Waals surface area contributed by atoms with E-state index in [0.717, 1.165) is 37.8 Å². The molecule has 0 atom stereocenters. The fourth-order valence-corrected chi connectivity index (χ4v) is 4.06. The van der Waals surface area contributed by atoms with Crippen molar-refractivity contribution in [3.05, 3.63) is 59.4 Å². The molecule has 1 saturated carbocycles. The van der Waals surface area contributed by atoms with Crippen molar-refractivity contribution >= 4 is 21.6 Å². The van der Waals surface area contributed by atoms with Gasteiger partial charge in [0.05, 0.1) is 10.6 Å². The summed E-state index contributed by atoms with van der Waals surface area (Å²) in [6, 6.07) is 6.65. The van der Waals surface area contributed by atoms with E-state index >= 15 is 0 Å². The second kappa shape index (κ2) is 7.59. The Kier molecular flexibility index (Phi) is 5.41. The second-order valence-corrected chi connectivity index (χ2v) is 7.99. The largest absolute Gasteiger partial charge is 0.349 e. The highest BCUT2D eigenvalue weighted by Gasteiger charge is 2.22. The predicted molar refractivity (Wildman–Crippen MR) is 93.3 cm³/mol. The molecule has 1 aliphatic carbocycles. The second-order valence-electron chi connectivity index (χ2n) is 6.31. The van der Waals surface area contributed by atoms with Crippen molar-refractivity contribution in [3.8, 4) is 0 Å². The van der Waals surface area contributed by atoms with Gasteiger partial charge in [0, 0.05) is 11.6 Å². The maximum absolute atomic E-state index is 13.7. The van der Waals surface area contributed by atoms with Crippen LogP contribution in [0.5, 0.6) is 0 Å². The first-order chi connectivity index (χ1) is 12.8. The summed E-state index contributed by atoms with van der Waals surface area (Å²) in [6.07, 6.45) is 3.81. The number of rotatable bonds is 5. The van der Waals surface area contributed by atoms with E-state index in [1.165, 1.54) is 18.2 Å². The fraction of sp³-hybridized carbons (Fsp3) is 0.278. The van der Waals surface area contributed by atoms with Crippen LogP contribution < -0.4 is 10.0 Å². The molecule has 0 spiro atoms. The lowest BCUT2D eigenvalue weighted by atomic mass is 10.2. The Labute approximate surface area is 154 Å². The van der Waals surface area contributed by atoms with Gasteiger partial charge in [0.25, 0.3) is 15.9 Å². The number of benzene rings is 2. The molecule has 0 unspecified atom stereocenters. The number of carbonyl (C=O) groups is 1. The van der Waals surface area contributed by atoms with E-state index < -0.39 is 39.1 Å². The van der Waals surface area contributed by atoms with Gasteiger partial charge in [-0.3, -0.25) is 9.52 Å². The number of hydrogen-bond acceptors (Lipinski definition) is 3. The molecule has 0 aromatic heterocycles. The third-order valence-electron chi connectivity index (χ3n) is 4.38. The number of nitrogens with one attached hydrogen (secondary N) is 2. The maximum Gasteiger partial charge on any atom is 0.262 e. The van der Waals surface area contributed by atoms with Gasteiger partial charge in [0.1, 0.15) is 0 Å². The van der Waals surface area contributed by atoms with Gasteiger partial charge in [-0.25, -0.2) is 21.6 Å². The number of halogens is 3. The van der Waals surface area contributed by atoms with E-state index in [1.807, 2.05) is 4.72 Å². The summed E-state index contributed by atoms with van der Waals surface area (Å²) in [5, 5.41) is 2.84. The first-order valence-electron chi connectivity index (χ1n) is 8.35. The van der Waals surface area contributed by atoms with Crippen LogP contribution in [0.2, 0.25) is 0 Å². The summed E-state index contributed by atoms with van der Waals surface area (Å²) < 4.78 is 66.8. The molecule has 2 N–H and O–H groups in total. The topological polar surface area (TPSA) is 75.3 Å². The van der Waals surface area contributed by atoms with Crippen molar-refractivity contribution in [1.29, 1.82) is 0 Å². The van der Waals surface area contributed by atoms with Crippen LogP contribution in [-0.4, -0.2) is 20.4 Å². The molecule has 1 amide bonds. The number of carbonyl (C=O) groups excluding carboxylic acids is 1. The Morgan fingerprint density at radius 2 is 1.70 bits per heavy atom. The van der Waals surface area contributed by atoms with E-state index in [2.05, 4.69) is 5.32 Å². The lowest BCUT2D eigenvalue weighted by Crippen LogP contribution is -2.32. The molecule has 0 aliphatic heterocycles. The van der Waals surface area contributed by atoms with Crippen LogP contribution in [0.15, 0.2) is 41.3 Å². The molecule has 0 radical (unpaired) electrons. The number of anilines is 1. The van der Waals surface area contributed by atoms with Gasteiger partial charge in [-0.15, -0.1) is 0 Å². The van der Waals surface area contributed by atoms with Gasteiger partial charge in [-0.05, 0) is 43.2 Å². The minimum atomic E-state index is -4.31. The molecule has 3 rings (SSSR count). The van der Waals surface area contributed by atoms with Crippen LogP contribution in [0.25, 0.3) is 0 Å². The van der Waals surface area contributed by atoms with Crippen LogP contribution in [0.1, 0.15) is 36.0 Å². The monoisotopic (exact) mass is 398 g/mol. The third-order valence-corrected chi connectivity index (χ3v) is 5.74. The molecule has 0 heterocycles. The van der Waals surface area contributed by atoms with E-state index in [4.69, 9.17) is 0 Å². The molecule has 2 aromatic rings. The molecule has 1 fully saturated rings. The molecule has 0 bridgehead atoms. The minimum absolute atomic E-state index is 0.0622. The standard InChI is InChI=1S/C18H17F3N2O3S/c19-14-8-9-15(17(21)16(14)20)23-27(25,26)13-7-3-4-11(10-13)18(24)22-12-5-1-2-6-12/h3-4,7-10,12,23H,1-2,5-6H2,(H,22,24). The van der Waals surface area contributed by atoms with Crippen LogP contribution >= 0.6 is 0 Å². The zero-order chi connectivity index (χ0) is 19.6. The van der Waals surface area contributed by atoms with Crippen molar-refractivity contribution in [2.24, 2.45) is 0 Å². The molecule has 0 saturated heterocycles. The summed E-state index contributed by atoms with van der Waals surface area (Å²) in [4.78, 5) is 12.0. The van der Waals surface area contributed by atoms with Gasteiger partial charge in [-0.1, -0.05) is 18.9 Å². The zero-order valence-corrected chi connectivity index (χ0v) is 15.0. The lowest BCUT2D eigenvalue weighted by molar-refractivity contribution is 0.0937. The Hall–Kier alpha value is -2.55. The average Bonchev–Trinajstić information content (AvgIpc) is 3.15. The summed E-state index contributed by atoms with van der Waals surface area (Å²) in [5.41, 5.74) is -0.592. The van der Waals surface area contributed by atoms with E-state index in [-0.39, 0.29) is 16.5 Å². The molecule has 2 aromatic carbocycles.